The van der Waals surface area contributed by atoms with E-state index in [2.05, 4.69) is 14.7 Å². The molecule has 1 aromatic carbocycles. The van der Waals surface area contributed by atoms with Crippen molar-refractivity contribution in [3.05, 3.63) is 41.3 Å². The Morgan fingerprint density at radius 3 is 2.52 bits per heavy atom. The van der Waals surface area contributed by atoms with Crippen LogP contribution in [0.5, 0.6) is 0 Å². The summed E-state index contributed by atoms with van der Waals surface area (Å²) in [4.78, 5) is 3.62. The number of hydrogen-bond donors (Lipinski definition) is 1. The zero-order valence-corrected chi connectivity index (χ0v) is 11.5. The van der Waals surface area contributed by atoms with Gasteiger partial charge in [0.2, 0.25) is 15.9 Å². The van der Waals surface area contributed by atoms with Gasteiger partial charge < -0.3 is 4.52 Å². The van der Waals surface area contributed by atoms with E-state index >= 15 is 0 Å². The van der Waals surface area contributed by atoms with Gasteiger partial charge in [-0.3, -0.25) is 0 Å². The third-order valence-electron chi connectivity index (χ3n) is 2.44. The number of sulfonamides is 1. The van der Waals surface area contributed by atoms with Crippen LogP contribution in [-0.2, 0) is 22.0 Å². The molecule has 0 aliphatic carbocycles. The molecule has 1 N–H and O–H groups in total. The zero-order chi connectivity index (χ0) is 15.7. The van der Waals surface area contributed by atoms with Crippen molar-refractivity contribution in [1.29, 1.82) is 0 Å². The fourth-order valence-electron chi connectivity index (χ4n) is 1.64. The second-order valence-corrected chi connectivity index (χ2v) is 5.88. The molecule has 21 heavy (non-hydrogen) atoms. The fourth-order valence-corrected chi connectivity index (χ4v) is 2.74. The lowest BCUT2D eigenvalue weighted by Crippen LogP contribution is -2.18. The number of rotatable bonds is 4. The highest BCUT2D eigenvalue weighted by molar-refractivity contribution is 7.91. The Labute approximate surface area is 118 Å². The van der Waals surface area contributed by atoms with Crippen LogP contribution in [0.15, 0.2) is 28.8 Å². The monoisotopic (exact) mass is 321 g/mol. The quantitative estimate of drug-likeness (QED) is 0.934. The Balaban J connectivity index is 2.25. The molecule has 0 saturated carbocycles. The van der Waals surface area contributed by atoms with Crippen LogP contribution in [0, 0.1) is 6.92 Å². The van der Waals surface area contributed by atoms with Crippen molar-refractivity contribution in [1.82, 2.24) is 10.1 Å². The number of anilines is 1. The van der Waals surface area contributed by atoms with Crippen LogP contribution in [0.1, 0.15) is 17.0 Å². The van der Waals surface area contributed by atoms with Crippen LogP contribution in [0.3, 0.4) is 0 Å². The summed E-state index contributed by atoms with van der Waals surface area (Å²) in [6.45, 7) is 1.45. The molecule has 0 amide bonds. The molecule has 0 aliphatic rings. The van der Waals surface area contributed by atoms with Gasteiger partial charge in [0.05, 0.1) is 11.3 Å². The van der Waals surface area contributed by atoms with Gasteiger partial charge in [-0.15, -0.1) is 0 Å². The molecule has 6 nitrogen and oxygen atoms in total. The highest BCUT2D eigenvalue weighted by Gasteiger charge is 2.34. The van der Waals surface area contributed by atoms with Crippen molar-refractivity contribution in [2.45, 2.75) is 18.9 Å². The van der Waals surface area contributed by atoms with Crippen molar-refractivity contribution in [3.8, 4) is 0 Å². The van der Waals surface area contributed by atoms with Crippen LogP contribution >= 0.6 is 0 Å². The minimum Gasteiger partial charge on any atom is -0.338 e. The summed E-state index contributed by atoms with van der Waals surface area (Å²) in [5, 5.41) is 3.32. The molecule has 0 fully saturated rings. The van der Waals surface area contributed by atoms with Crippen molar-refractivity contribution >= 4 is 16.0 Å². The van der Waals surface area contributed by atoms with Gasteiger partial charge in [-0.05, 0) is 16.8 Å². The molecule has 0 atom stereocenters. The third-order valence-corrected chi connectivity index (χ3v) is 3.63. The third kappa shape index (κ3) is 3.94. The molecule has 0 bridgehead atoms. The van der Waals surface area contributed by atoms with Gasteiger partial charge in [-0.2, -0.15) is 18.2 Å². The molecule has 0 saturated heterocycles. The van der Waals surface area contributed by atoms with Gasteiger partial charge in [0, 0.05) is 6.92 Å². The lowest BCUT2D eigenvalue weighted by Gasteiger charge is -2.12. The van der Waals surface area contributed by atoms with E-state index < -0.39 is 27.5 Å². The van der Waals surface area contributed by atoms with E-state index in [1.807, 2.05) is 4.72 Å². The Bertz CT molecular complexity index is 740. The average molecular weight is 321 g/mol. The summed E-state index contributed by atoms with van der Waals surface area (Å²) >= 11 is 0. The first-order chi connectivity index (χ1) is 9.67. The molecule has 114 valence electrons. The van der Waals surface area contributed by atoms with Gasteiger partial charge in [-0.25, -0.2) is 13.1 Å². The number of halogens is 3. The number of alkyl halides is 3. The normalized spacial score (nSPS) is 12.4. The fraction of sp³-hybridized carbons (Fsp3) is 0.273. The highest BCUT2D eigenvalue weighted by atomic mass is 32.2. The Kier molecular flexibility index (Phi) is 3.90. The topological polar surface area (TPSA) is 85.1 Å². The summed E-state index contributed by atoms with van der Waals surface area (Å²) in [6.07, 6.45) is -4.63. The number of nitrogens with one attached hydrogen (secondary N) is 1. The number of aryl methyl sites for hydroxylation is 1. The van der Waals surface area contributed by atoms with Crippen LogP contribution in [0.25, 0.3) is 0 Å². The minimum atomic E-state index is -4.63. The van der Waals surface area contributed by atoms with Crippen molar-refractivity contribution in [2.24, 2.45) is 0 Å². The average Bonchev–Trinajstić information content (AvgIpc) is 2.72. The minimum absolute atomic E-state index is 0.128. The maximum atomic E-state index is 12.8. The maximum Gasteiger partial charge on any atom is 0.416 e. The van der Waals surface area contributed by atoms with E-state index in [9.17, 15) is 21.6 Å². The van der Waals surface area contributed by atoms with Crippen LogP contribution in [-0.4, -0.2) is 18.6 Å². The second kappa shape index (κ2) is 5.35. The van der Waals surface area contributed by atoms with Crippen molar-refractivity contribution in [2.75, 3.05) is 4.72 Å². The predicted molar refractivity (Wildman–Crippen MR) is 66.7 cm³/mol. The first-order valence-electron chi connectivity index (χ1n) is 5.63. The summed E-state index contributed by atoms with van der Waals surface area (Å²) in [6, 6.07) is 4.44. The summed E-state index contributed by atoms with van der Waals surface area (Å²) in [5.74, 6) is -1.05. The number of aromatic nitrogens is 2. The van der Waals surface area contributed by atoms with E-state index in [1.165, 1.54) is 19.1 Å². The molecule has 0 radical (unpaired) electrons. The molecule has 10 heteroatoms. The van der Waals surface area contributed by atoms with E-state index in [-0.39, 0.29) is 17.4 Å². The smallest absolute Gasteiger partial charge is 0.338 e. The van der Waals surface area contributed by atoms with Crippen LogP contribution in [0.2, 0.25) is 0 Å². The second-order valence-electron chi connectivity index (χ2n) is 4.15. The van der Waals surface area contributed by atoms with Gasteiger partial charge in [0.1, 0.15) is 0 Å². The molecule has 1 heterocycles. The maximum absolute atomic E-state index is 12.8. The van der Waals surface area contributed by atoms with Gasteiger partial charge >= 0.3 is 6.18 Å². The molecule has 2 aromatic rings. The van der Waals surface area contributed by atoms with Crippen LogP contribution < -0.4 is 4.72 Å². The predicted octanol–water partition coefficient (Wildman–Crippen LogP) is 2.34. The van der Waals surface area contributed by atoms with Gasteiger partial charge in [0.15, 0.2) is 0 Å². The van der Waals surface area contributed by atoms with E-state index in [0.717, 1.165) is 12.1 Å². The summed E-state index contributed by atoms with van der Waals surface area (Å²) in [5.41, 5.74) is -1.36. The number of nitrogens with zero attached hydrogens (tertiary/aromatic N) is 2. The number of hydrogen-bond acceptors (Lipinski definition) is 5. The number of benzene rings is 1. The molecule has 1 aromatic heterocycles. The van der Waals surface area contributed by atoms with Crippen molar-refractivity contribution < 1.29 is 26.1 Å². The van der Waals surface area contributed by atoms with Crippen LogP contribution in [0.4, 0.5) is 19.1 Å². The van der Waals surface area contributed by atoms with Gasteiger partial charge in [0.25, 0.3) is 5.95 Å². The van der Waals surface area contributed by atoms with E-state index in [4.69, 9.17) is 0 Å². The first kappa shape index (κ1) is 15.3. The van der Waals surface area contributed by atoms with Gasteiger partial charge in [-0.1, -0.05) is 18.2 Å². The highest BCUT2D eigenvalue weighted by Crippen LogP contribution is 2.32. The van der Waals surface area contributed by atoms with E-state index in [0.29, 0.717) is 0 Å². The lowest BCUT2D eigenvalue weighted by molar-refractivity contribution is -0.138. The molecule has 0 spiro atoms. The Hall–Kier alpha value is -2.10. The standard InChI is InChI=1S/C11H10F3N3O3S/c1-7-15-10(16-20-7)17-21(18,19)6-8-4-2-3-5-9(8)11(12,13)14/h2-5H,6H2,1H3,(H,16,17). The molecular weight excluding hydrogens is 311 g/mol. The first-order valence-corrected chi connectivity index (χ1v) is 7.28. The largest absolute Gasteiger partial charge is 0.416 e. The summed E-state index contributed by atoms with van der Waals surface area (Å²) < 4.78 is 68.6. The SMILES string of the molecule is Cc1nc(NS(=O)(=O)Cc2ccccc2C(F)(F)F)no1. The zero-order valence-electron chi connectivity index (χ0n) is 10.7. The molecular formula is C11H10F3N3O3S. The molecule has 0 aliphatic heterocycles. The Morgan fingerprint density at radius 2 is 1.95 bits per heavy atom. The van der Waals surface area contributed by atoms with E-state index in [1.54, 1.807) is 0 Å². The summed E-state index contributed by atoms with van der Waals surface area (Å²) in [7, 11) is -4.09. The van der Waals surface area contributed by atoms with Crippen molar-refractivity contribution in [3.63, 3.8) is 0 Å². The molecule has 0 unspecified atom stereocenters. The molecule has 2 rings (SSSR count). The lowest BCUT2D eigenvalue weighted by atomic mass is 10.1. The Morgan fingerprint density at radius 1 is 1.29 bits per heavy atom.